The highest BCUT2D eigenvalue weighted by atomic mass is 35.5. The number of sulfonamides is 1. The molecule has 33 heavy (non-hydrogen) atoms. The maximum atomic E-state index is 12.9. The van der Waals surface area contributed by atoms with Crippen LogP contribution in [-0.4, -0.2) is 33.9 Å². The zero-order valence-electron chi connectivity index (χ0n) is 17.8. The summed E-state index contributed by atoms with van der Waals surface area (Å²) in [6.45, 7) is 1.76. The van der Waals surface area contributed by atoms with Crippen LogP contribution in [0.4, 0.5) is 17.1 Å². The number of nitrogens with zero attached hydrogens (tertiary/aromatic N) is 1. The smallest absolute Gasteiger partial charge is 0.264 e. The fourth-order valence-electron chi connectivity index (χ4n) is 3.22. The first-order chi connectivity index (χ1) is 15.6. The molecule has 0 bridgehead atoms. The molecule has 170 valence electrons. The number of benzene rings is 3. The Morgan fingerprint density at radius 1 is 1.09 bits per heavy atom. The number of rotatable bonds is 5. The molecule has 2 amide bonds. The van der Waals surface area contributed by atoms with Crippen molar-refractivity contribution in [1.29, 1.82) is 0 Å². The minimum atomic E-state index is -3.74. The molecule has 0 atom stereocenters. The lowest BCUT2D eigenvalue weighted by molar-refractivity contribution is -0.118. The number of amides is 2. The Kier molecular flexibility index (Phi) is 6.01. The number of hydrogen-bond donors (Lipinski definition) is 2. The fourth-order valence-corrected chi connectivity index (χ4v) is 4.63. The summed E-state index contributed by atoms with van der Waals surface area (Å²) in [5, 5.41) is 5.57. The van der Waals surface area contributed by atoms with Gasteiger partial charge in [0.05, 0.1) is 27.0 Å². The van der Waals surface area contributed by atoms with Crippen LogP contribution in [0.1, 0.15) is 15.9 Å². The van der Waals surface area contributed by atoms with Crippen molar-refractivity contribution in [1.82, 2.24) is 0 Å². The molecular formula is C23H20ClN3O5S. The van der Waals surface area contributed by atoms with Crippen LogP contribution in [0.3, 0.4) is 0 Å². The maximum absolute atomic E-state index is 12.9. The minimum absolute atomic E-state index is 0.123. The molecule has 0 radical (unpaired) electrons. The highest BCUT2D eigenvalue weighted by molar-refractivity contribution is 7.92. The van der Waals surface area contributed by atoms with Gasteiger partial charge >= 0.3 is 0 Å². The summed E-state index contributed by atoms with van der Waals surface area (Å²) in [5.74, 6) is -0.329. The number of aryl methyl sites for hydroxylation is 1. The molecule has 8 nitrogen and oxygen atoms in total. The van der Waals surface area contributed by atoms with Crippen LogP contribution in [-0.2, 0) is 14.8 Å². The van der Waals surface area contributed by atoms with Crippen LogP contribution in [0.5, 0.6) is 5.75 Å². The average molecular weight is 486 g/mol. The summed E-state index contributed by atoms with van der Waals surface area (Å²) in [7, 11) is -2.28. The van der Waals surface area contributed by atoms with Gasteiger partial charge in [-0.1, -0.05) is 29.3 Å². The number of fused-ring (bicyclic) bond motifs is 1. The van der Waals surface area contributed by atoms with Crippen LogP contribution >= 0.6 is 11.6 Å². The van der Waals surface area contributed by atoms with Crippen molar-refractivity contribution in [3.8, 4) is 5.75 Å². The van der Waals surface area contributed by atoms with Crippen LogP contribution in [0, 0.1) is 6.92 Å². The first-order valence-corrected chi connectivity index (χ1v) is 11.7. The Balaban J connectivity index is 1.51. The zero-order chi connectivity index (χ0) is 23.8. The van der Waals surface area contributed by atoms with Crippen molar-refractivity contribution in [2.75, 3.05) is 28.6 Å². The quantitative estimate of drug-likeness (QED) is 0.567. The van der Waals surface area contributed by atoms with Crippen LogP contribution in [0.15, 0.2) is 65.6 Å². The zero-order valence-corrected chi connectivity index (χ0v) is 19.3. The molecule has 0 saturated carbocycles. The van der Waals surface area contributed by atoms with E-state index in [2.05, 4.69) is 10.6 Å². The van der Waals surface area contributed by atoms with E-state index in [0.717, 1.165) is 9.87 Å². The molecule has 2 N–H and O–H groups in total. The highest BCUT2D eigenvalue weighted by Gasteiger charge is 2.22. The molecule has 3 aromatic rings. The number of hydrogen-bond acceptors (Lipinski definition) is 5. The van der Waals surface area contributed by atoms with Crippen LogP contribution in [0.25, 0.3) is 0 Å². The van der Waals surface area contributed by atoms with Gasteiger partial charge in [0.25, 0.3) is 21.8 Å². The summed E-state index contributed by atoms with van der Waals surface area (Å²) < 4.78 is 32.3. The van der Waals surface area contributed by atoms with E-state index >= 15 is 0 Å². The molecule has 0 saturated heterocycles. The molecular weight excluding hydrogens is 466 g/mol. The second-order valence-electron chi connectivity index (χ2n) is 7.45. The number of ether oxygens (including phenoxy) is 1. The molecule has 4 rings (SSSR count). The van der Waals surface area contributed by atoms with Gasteiger partial charge in [0.15, 0.2) is 6.61 Å². The van der Waals surface area contributed by atoms with Gasteiger partial charge in [-0.2, -0.15) is 0 Å². The van der Waals surface area contributed by atoms with Crippen molar-refractivity contribution in [2.45, 2.75) is 11.8 Å². The van der Waals surface area contributed by atoms with Crippen molar-refractivity contribution in [2.24, 2.45) is 0 Å². The van der Waals surface area contributed by atoms with Gasteiger partial charge in [0.1, 0.15) is 5.75 Å². The lowest BCUT2D eigenvalue weighted by Gasteiger charge is -2.20. The first-order valence-electron chi connectivity index (χ1n) is 9.88. The van der Waals surface area contributed by atoms with Gasteiger partial charge < -0.3 is 15.4 Å². The Morgan fingerprint density at radius 3 is 2.42 bits per heavy atom. The van der Waals surface area contributed by atoms with Gasteiger partial charge in [-0.05, 0) is 49.4 Å². The number of halogens is 1. The van der Waals surface area contributed by atoms with Gasteiger partial charge in [0, 0.05) is 18.7 Å². The van der Waals surface area contributed by atoms with E-state index in [1.165, 1.54) is 31.3 Å². The predicted molar refractivity (Wildman–Crippen MR) is 127 cm³/mol. The second-order valence-corrected chi connectivity index (χ2v) is 9.83. The molecule has 1 aliphatic rings. The van der Waals surface area contributed by atoms with E-state index < -0.39 is 15.9 Å². The molecule has 10 heteroatoms. The summed E-state index contributed by atoms with van der Waals surface area (Å²) in [6, 6.07) is 15.8. The van der Waals surface area contributed by atoms with Gasteiger partial charge in [-0.25, -0.2) is 8.42 Å². The topological polar surface area (TPSA) is 105 Å². The lowest BCUT2D eigenvalue weighted by atomic mass is 10.1. The molecule has 1 aliphatic heterocycles. The largest absolute Gasteiger partial charge is 0.482 e. The SMILES string of the molecule is Cc1ccc(S(=O)(=O)N(C)c2ccc(C(=O)Nc3cc4c(cc3Cl)NC(=O)CO4)cc2)cc1. The monoisotopic (exact) mass is 485 g/mol. The molecule has 0 spiro atoms. The molecule has 0 aromatic heterocycles. The number of anilines is 3. The Bertz CT molecular complexity index is 1340. The van der Waals surface area contributed by atoms with Crippen molar-refractivity contribution in [3.63, 3.8) is 0 Å². The third-order valence-electron chi connectivity index (χ3n) is 5.12. The summed E-state index contributed by atoms with van der Waals surface area (Å²) in [4.78, 5) is 24.3. The third-order valence-corrected chi connectivity index (χ3v) is 7.24. The number of carbonyl (C=O) groups is 2. The number of carbonyl (C=O) groups excluding carboxylic acids is 2. The normalized spacial score (nSPS) is 12.9. The van der Waals surface area contributed by atoms with E-state index in [1.807, 2.05) is 6.92 Å². The molecule has 0 aliphatic carbocycles. The van der Waals surface area contributed by atoms with Crippen molar-refractivity contribution >= 4 is 50.5 Å². The summed E-state index contributed by atoms with van der Waals surface area (Å²) in [5.41, 5.74) is 2.42. The Labute approximate surface area is 196 Å². The highest BCUT2D eigenvalue weighted by Crippen LogP contribution is 2.36. The number of nitrogens with one attached hydrogen (secondary N) is 2. The molecule has 3 aromatic carbocycles. The standard InChI is InChI=1S/C23H20ClN3O5S/c1-14-3-9-17(10-4-14)33(30,31)27(2)16-7-5-15(6-8-16)23(29)26-19-12-21-20(11-18(19)24)25-22(28)13-32-21/h3-12H,13H2,1-2H3,(H,25,28)(H,26,29). The van der Waals surface area contributed by atoms with Crippen molar-refractivity contribution in [3.05, 3.63) is 76.8 Å². The predicted octanol–water partition coefficient (Wildman–Crippen LogP) is 4.06. The van der Waals surface area contributed by atoms with Gasteiger partial charge in [-0.15, -0.1) is 0 Å². The molecule has 0 fully saturated rings. The summed E-state index contributed by atoms with van der Waals surface area (Å²) in [6.07, 6.45) is 0. The van der Waals surface area contributed by atoms with Crippen molar-refractivity contribution < 1.29 is 22.7 Å². The maximum Gasteiger partial charge on any atom is 0.264 e. The third kappa shape index (κ3) is 4.64. The van der Waals surface area contributed by atoms with Gasteiger partial charge in [0.2, 0.25) is 0 Å². The molecule has 1 heterocycles. The Morgan fingerprint density at radius 2 is 1.76 bits per heavy atom. The Hall–Kier alpha value is -3.56. The fraction of sp³-hybridized carbons (Fsp3) is 0.130. The first kappa shape index (κ1) is 22.6. The summed E-state index contributed by atoms with van der Waals surface area (Å²) >= 11 is 6.23. The van der Waals surface area contributed by atoms with E-state index in [9.17, 15) is 18.0 Å². The van der Waals surface area contributed by atoms with Crippen LogP contribution in [0.2, 0.25) is 5.02 Å². The molecule has 0 unspecified atom stereocenters. The second kappa shape index (κ2) is 8.76. The average Bonchev–Trinajstić information content (AvgIpc) is 2.79. The lowest BCUT2D eigenvalue weighted by Crippen LogP contribution is -2.26. The van der Waals surface area contributed by atoms with E-state index in [1.54, 1.807) is 36.4 Å². The van der Waals surface area contributed by atoms with E-state index in [0.29, 0.717) is 28.4 Å². The van der Waals surface area contributed by atoms with Crippen LogP contribution < -0.4 is 19.7 Å². The van der Waals surface area contributed by atoms with Gasteiger partial charge in [-0.3, -0.25) is 13.9 Å². The minimum Gasteiger partial charge on any atom is -0.482 e. The van der Waals surface area contributed by atoms with E-state index in [-0.39, 0.29) is 22.4 Å². The van der Waals surface area contributed by atoms with E-state index in [4.69, 9.17) is 16.3 Å².